The van der Waals surface area contributed by atoms with E-state index in [2.05, 4.69) is 5.32 Å². The van der Waals surface area contributed by atoms with Crippen LogP contribution in [0.5, 0.6) is 0 Å². The standard InChI is InChI=1S/C7H12F4N2O5S2/c8-6(9,5-19(14,15)16)7(10,11)20(17,18)13-3-1-12-2-4-13/h12H,1-5H2,(H,14,15,16). The van der Waals surface area contributed by atoms with Gasteiger partial charge in [0.25, 0.3) is 20.1 Å². The molecule has 7 nitrogen and oxygen atoms in total. The number of hydrogen-bond donors (Lipinski definition) is 2. The first kappa shape index (κ1) is 17.6. The predicted octanol–water partition coefficient (Wildman–Crippen LogP) is -0.663. The van der Waals surface area contributed by atoms with Gasteiger partial charge in [-0.15, -0.1) is 0 Å². The van der Waals surface area contributed by atoms with Gasteiger partial charge in [0.05, 0.1) is 0 Å². The maximum absolute atomic E-state index is 13.5. The second kappa shape index (κ2) is 5.36. The molecule has 13 heteroatoms. The molecule has 0 unspecified atom stereocenters. The molecule has 0 aromatic rings. The number of alkyl halides is 4. The molecule has 0 saturated carbocycles. The molecule has 1 saturated heterocycles. The van der Waals surface area contributed by atoms with Crippen molar-refractivity contribution in [2.75, 3.05) is 31.9 Å². The van der Waals surface area contributed by atoms with Gasteiger partial charge < -0.3 is 5.32 Å². The third-order valence-electron chi connectivity index (χ3n) is 2.53. The molecule has 0 bridgehead atoms. The van der Waals surface area contributed by atoms with Crippen molar-refractivity contribution in [2.24, 2.45) is 0 Å². The minimum atomic E-state index is -5.76. The Morgan fingerprint density at radius 1 is 1.05 bits per heavy atom. The van der Waals surface area contributed by atoms with Crippen LogP contribution in [0.1, 0.15) is 0 Å². The van der Waals surface area contributed by atoms with Crippen molar-refractivity contribution in [3.8, 4) is 0 Å². The van der Waals surface area contributed by atoms with E-state index in [0.29, 0.717) is 0 Å². The van der Waals surface area contributed by atoms with Gasteiger partial charge in [-0.2, -0.15) is 30.3 Å². The summed E-state index contributed by atoms with van der Waals surface area (Å²) in [6.07, 6.45) is 0. The van der Waals surface area contributed by atoms with Gasteiger partial charge in [0.15, 0.2) is 0 Å². The van der Waals surface area contributed by atoms with Crippen molar-refractivity contribution < 1.29 is 39.0 Å². The van der Waals surface area contributed by atoms with E-state index < -0.39 is 50.2 Å². The Kier molecular flexibility index (Phi) is 4.71. The van der Waals surface area contributed by atoms with Crippen LogP contribution in [-0.2, 0) is 20.1 Å². The van der Waals surface area contributed by atoms with Crippen LogP contribution in [0.2, 0.25) is 0 Å². The van der Waals surface area contributed by atoms with Crippen LogP contribution >= 0.6 is 0 Å². The molecule has 1 heterocycles. The first-order valence-electron chi connectivity index (χ1n) is 5.22. The molecular formula is C7H12F4N2O5S2. The van der Waals surface area contributed by atoms with Gasteiger partial charge in [0.2, 0.25) is 0 Å². The monoisotopic (exact) mass is 344 g/mol. The van der Waals surface area contributed by atoms with Crippen molar-refractivity contribution in [1.29, 1.82) is 0 Å². The summed E-state index contributed by atoms with van der Waals surface area (Å²) in [6.45, 7) is -0.891. The number of nitrogens with zero attached hydrogens (tertiary/aromatic N) is 1. The molecule has 0 atom stereocenters. The van der Waals surface area contributed by atoms with E-state index in [1.54, 1.807) is 0 Å². The smallest absolute Gasteiger partial charge is 0.314 e. The molecule has 1 fully saturated rings. The number of sulfonamides is 1. The first-order chi connectivity index (χ1) is 8.81. The lowest BCUT2D eigenvalue weighted by Crippen LogP contribution is -2.58. The largest absolute Gasteiger partial charge is 0.421 e. The summed E-state index contributed by atoms with van der Waals surface area (Å²) in [5, 5.41) is -3.00. The summed E-state index contributed by atoms with van der Waals surface area (Å²) in [7, 11) is -11.2. The lowest BCUT2D eigenvalue weighted by molar-refractivity contribution is -0.143. The Labute approximate surface area is 112 Å². The highest BCUT2D eigenvalue weighted by atomic mass is 32.2. The van der Waals surface area contributed by atoms with Crippen molar-refractivity contribution >= 4 is 20.1 Å². The zero-order chi connectivity index (χ0) is 15.8. The summed E-state index contributed by atoms with van der Waals surface area (Å²) < 4.78 is 106. The number of piperazine rings is 1. The Hall–Kier alpha value is -0.500. The summed E-state index contributed by atoms with van der Waals surface area (Å²) in [5.74, 6) is -8.14. The Bertz CT molecular complexity index is 556. The lowest BCUT2D eigenvalue weighted by Gasteiger charge is -2.33. The highest BCUT2D eigenvalue weighted by molar-refractivity contribution is 7.90. The summed E-state index contributed by atoms with van der Waals surface area (Å²) in [6, 6.07) is 0. The van der Waals surface area contributed by atoms with Gasteiger partial charge in [-0.3, -0.25) is 4.55 Å². The van der Waals surface area contributed by atoms with Crippen molar-refractivity contribution in [2.45, 2.75) is 11.2 Å². The zero-order valence-corrected chi connectivity index (χ0v) is 11.5. The topological polar surface area (TPSA) is 104 Å². The number of nitrogens with one attached hydrogen (secondary N) is 1. The van der Waals surface area contributed by atoms with E-state index in [-0.39, 0.29) is 17.4 Å². The van der Waals surface area contributed by atoms with E-state index >= 15 is 0 Å². The van der Waals surface area contributed by atoms with Gasteiger partial charge in [-0.05, 0) is 0 Å². The second-order valence-electron chi connectivity index (χ2n) is 4.10. The molecule has 0 spiro atoms. The molecule has 0 aliphatic carbocycles. The van der Waals surface area contributed by atoms with Gasteiger partial charge in [0.1, 0.15) is 5.75 Å². The van der Waals surface area contributed by atoms with Crippen LogP contribution < -0.4 is 5.32 Å². The van der Waals surface area contributed by atoms with Crippen molar-refractivity contribution in [3.63, 3.8) is 0 Å². The molecule has 0 amide bonds. The normalized spacial score (nSPS) is 20.1. The maximum Gasteiger partial charge on any atom is 0.421 e. The van der Waals surface area contributed by atoms with Crippen LogP contribution in [-0.4, -0.2) is 68.8 Å². The van der Waals surface area contributed by atoms with E-state index in [1.165, 1.54) is 0 Å². The van der Waals surface area contributed by atoms with E-state index in [4.69, 9.17) is 4.55 Å². The quantitative estimate of drug-likeness (QED) is 0.507. The average molecular weight is 344 g/mol. The minimum Gasteiger partial charge on any atom is -0.314 e. The molecule has 1 rings (SSSR count). The summed E-state index contributed by atoms with van der Waals surface area (Å²) in [5.41, 5.74) is 0. The molecule has 0 aromatic heterocycles. The Morgan fingerprint density at radius 2 is 1.50 bits per heavy atom. The van der Waals surface area contributed by atoms with Gasteiger partial charge >= 0.3 is 11.2 Å². The predicted molar refractivity (Wildman–Crippen MR) is 59.7 cm³/mol. The van der Waals surface area contributed by atoms with Gasteiger partial charge in [-0.25, -0.2) is 8.42 Å². The number of halogens is 4. The highest BCUT2D eigenvalue weighted by Crippen LogP contribution is 2.41. The minimum absolute atomic E-state index is 0.000813. The van der Waals surface area contributed by atoms with Crippen LogP contribution in [0.4, 0.5) is 17.6 Å². The molecular weight excluding hydrogens is 332 g/mol. The van der Waals surface area contributed by atoms with Crippen LogP contribution in [0.25, 0.3) is 0 Å². The lowest BCUT2D eigenvalue weighted by atomic mass is 10.4. The van der Waals surface area contributed by atoms with E-state index in [0.717, 1.165) is 0 Å². The maximum atomic E-state index is 13.5. The molecule has 1 aliphatic rings. The molecule has 0 radical (unpaired) electrons. The Morgan fingerprint density at radius 3 is 1.90 bits per heavy atom. The van der Waals surface area contributed by atoms with Crippen LogP contribution in [0, 0.1) is 0 Å². The molecule has 20 heavy (non-hydrogen) atoms. The number of rotatable bonds is 5. The fourth-order valence-electron chi connectivity index (χ4n) is 1.55. The van der Waals surface area contributed by atoms with E-state index in [9.17, 15) is 34.4 Å². The van der Waals surface area contributed by atoms with Crippen molar-refractivity contribution in [1.82, 2.24) is 9.62 Å². The molecule has 0 aromatic carbocycles. The number of hydrogen-bond acceptors (Lipinski definition) is 5. The third kappa shape index (κ3) is 3.39. The molecule has 120 valence electrons. The second-order valence-corrected chi connectivity index (χ2v) is 7.53. The zero-order valence-electron chi connectivity index (χ0n) is 9.89. The SMILES string of the molecule is O=S(=O)(O)CC(F)(F)C(F)(F)S(=O)(=O)N1CCNCC1. The summed E-state index contributed by atoms with van der Waals surface area (Å²) in [4.78, 5) is 0. The average Bonchev–Trinajstić information content (AvgIpc) is 2.26. The molecule has 2 N–H and O–H groups in total. The van der Waals surface area contributed by atoms with Crippen LogP contribution in [0.3, 0.4) is 0 Å². The fourth-order valence-corrected chi connectivity index (χ4v) is 3.72. The van der Waals surface area contributed by atoms with E-state index in [1.807, 2.05) is 0 Å². The molecule has 1 aliphatic heterocycles. The summed E-state index contributed by atoms with van der Waals surface area (Å²) >= 11 is 0. The fraction of sp³-hybridized carbons (Fsp3) is 1.00. The van der Waals surface area contributed by atoms with Crippen LogP contribution in [0.15, 0.2) is 0 Å². The highest BCUT2D eigenvalue weighted by Gasteiger charge is 2.68. The van der Waals surface area contributed by atoms with Crippen molar-refractivity contribution in [3.05, 3.63) is 0 Å². The Balaban J connectivity index is 3.12. The van der Waals surface area contributed by atoms with Gasteiger partial charge in [-0.1, -0.05) is 0 Å². The van der Waals surface area contributed by atoms with Gasteiger partial charge in [0, 0.05) is 26.2 Å². The third-order valence-corrected chi connectivity index (χ3v) is 5.25. The first-order valence-corrected chi connectivity index (χ1v) is 8.27.